The van der Waals surface area contributed by atoms with Crippen LogP contribution in [0.25, 0.3) is 0 Å². The molecule has 1 fully saturated rings. The fourth-order valence-electron chi connectivity index (χ4n) is 1.31. The van der Waals surface area contributed by atoms with Crippen molar-refractivity contribution in [1.29, 1.82) is 0 Å². The van der Waals surface area contributed by atoms with Crippen molar-refractivity contribution < 1.29 is 0 Å². The molecule has 0 aliphatic carbocycles. The molecule has 0 aromatic carbocycles. The van der Waals surface area contributed by atoms with Gasteiger partial charge in [-0.05, 0) is 12.7 Å². The van der Waals surface area contributed by atoms with E-state index in [1.807, 2.05) is 18.0 Å². The first kappa shape index (κ1) is 9.10. The van der Waals surface area contributed by atoms with Gasteiger partial charge in [-0.1, -0.05) is 18.0 Å². The third-order valence-electron chi connectivity index (χ3n) is 1.96. The molecule has 0 spiro atoms. The van der Waals surface area contributed by atoms with E-state index in [2.05, 4.69) is 22.5 Å². The molecular weight excluding hydrogens is 156 g/mol. The number of nitrogens with zero attached hydrogens (tertiary/aromatic N) is 1. The summed E-state index contributed by atoms with van der Waals surface area (Å²) in [5, 5.41) is 3.42. The number of hydrogen-bond acceptors (Lipinski definition) is 3. The summed E-state index contributed by atoms with van der Waals surface area (Å²) in [6, 6.07) is 0.681. The van der Waals surface area contributed by atoms with E-state index in [9.17, 15) is 0 Å². The zero-order chi connectivity index (χ0) is 8.10. The van der Waals surface area contributed by atoms with Crippen molar-refractivity contribution in [1.82, 2.24) is 9.62 Å². The molecule has 0 saturated carbocycles. The second-order valence-corrected chi connectivity index (χ2v) is 3.63. The Morgan fingerprint density at radius 2 is 2.64 bits per heavy atom. The molecule has 2 nitrogen and oxygen atoms in total. The van der Waals surface area contributed by atoms with Crippen LogP contribution in [0.1, 0.15) is 6.42 Å². The molecule has 1 unspecified atom stereocenters. The second-order valence-electron chi connectivity index (χ2n) is 2.75. The van der Waals surface area contributed by atoms with Crippen LogP contribution < -0.4 is 5.32 Å². The first-order valence-electron chi connectivity index (χ1n) is 4.00. The summed E-state index contributed by atoms with van der Waals surface area (Å²) < 4.78 is 2.39. The SMILES string of the molecule is C=CCNC1CCN(SC)C1. The van der Waals surface area contributed by atoms with Crippen LogP contribution in [0.15, 0.2) is 12.7 Å². The van der Waals surface area contributed by atoms with Crippen LogP contribution in [0.3, 0.4) is 0 Å². The second kappa shape index (κ2) is 4.80. The van der Waals surface area contributed by atoms with Gasteiger partial charge in [0.1, 0.15) is 0 Å². The molecule has 0 amide bonds. The van der Waals surface area contributed by atoms with Crippen molar-refractivity contribution in [3.05, 3.63) is 12.7 Å². The zero-order valence-corrected chi connectivity index (χ0v) is 7.86. The smallest absolute Gasteiger partial charge is 0.0244 e. The Morgan fingerprint density at radius 1 is 1.82 bits per heavy atom. The van der Waals surface area contributed by atoms with Gasteiger partial charge in [-0.15, -0.1) is 6.58 Å². The van der Waals surface area contributed by atoms with Crippen LogP contribution in [-0.2, 0) is 0 Å². The maximum Gasteiger partial charge on any atom is 0.0244 e. The van der Waals surface area contributed by atoms with Crippen molar-refractivity contribution in [3.63, 3.8) is 0 Å². The first-order chi connectivity index (χ1) is 5.36. The lowest BCUT2D eigenvalue weighted by atomic mass is 10.3. The van der Waals surface area contributed by atoms with E-state index in [-0.39, 0.29) is 0 Å². The Balaban J connectivity index is 2.13. The van der Waals surface area contributed by atoms with Gasteiger partial charge in [0.25, 0.3) is 0 Å². The maximum atomic E-state index is 3.68. The van der Waals surface area contributed by atoms with Gasteiger partial charge < -0.3 is 5.32 Å². The highest BCUT2D eigenvalue weighted by molar-refractivity contribution is 7.96. The topological polar surface area (TPSA) is 15.3 Å². The van der Waals surface area contributed by atoms with Gasteiger partial charge in [0.15, 0.2) is 0 Å². The van der Waals surface area contributed by atoms with Gasteiger partial charge in [-0.25, -0.2) is 4.31 Å². The monoisotopic (exact) mass is 172 g/mol. The molecular formula is C8H16N2S. The minimum absolute atomic E-state index is 0.681. The average molecular weight is 172 g/mol. The van der Waals surface area contributed by atoms with E-state index >= 15 is 0 Å². The summed E-state index contributed by atoms with van der Waals surface area (Å²) in [6.45, 7) is 7.01. The molecule has 1 aliphatic heterocycles. The van der Waals surface area contributed by atoms with Gasteiger partial charge in [0, 0.05) is 25.7 Å². The molecule has 3 heteroatoms. The number of nitrogens with one attached hydrogen (secondary N) is 1. The minimum atomic E-state index is 0.681. The van der Waals surface area contributed by atoms with Crippen molar-refractivity contribution in [2.24, 2.45) is 0 Å². The van der Waals surface area contributed by atoms with Crippen molar-refractivity contribution in [2.45, 2.75) is 12.5 Å². The molecule has 1 N–H and O–H groups in total. The molecule has 1 atom stereocenters. The highest BCUT2D eigenvalue weighted by Gasteiger charge is 2.20. The first-order valence-corrected chi connectivity index (χ1v) is 5.18. The average Bonchev–Trinajstić information content (AvgIpc) is 2.48. The van der Waals surface area contributed by atoms with Crippen LogP contribution in [0.5, 0.6) is 0 Å². The Labute approximate surface area is 73.2 Å². The molecule has 1 heterocycles. The van der Waals surface area contributed by atoms with Crippen LogP contribution >= 0.6 is 11.9 Å². The lowest BCUT2D eigenvalue weighted by Crippen LogP contribution is -2.30. The van der Waals surface area contributed by atoms with E-state index in [1.54, 1.807) is 0 Å². The predicted molar refractivity (Wildman–Crippen MR) is 51.7 cm³/mol. The zero-order valence-electron chi connectivity index (χ0n) is 7.05. The van der Waals surface area contributed by atoms with Gasteiger partial charge >= 0.3 is 0 Å². The quantitative estimate of drug-likeness (QED) is 0.505. The minimum Gasteiger partial charge on any atom is -0.309 e. The summed E-state index contributed by atoms with van der Waals surface area (Å²) in [5.74, 6) is 0. The summed E-state index contributed by atoms with van der Waals surface area (Å²) in [5.41, 5.74) is 0. The molecule has 0 bridgehead atoms. The molecule has 1 saturated heterocycles. The van der Waals surface area contributed by atoms with Crippen molar-refractivity contribution in [2.75, 3.05) is 25.9 Å². The third-order valence-corrected chi connectivity index (χ3v) is 2.81. The Bertz CT molecular complexity index is 127. The van der Waals surface area contributed by atoms with E-state index in [1.165, 1.54) is 19.5 Å². The largest absolute Gasteiger partial charge is 0.309 e. The van der Waals surface area contributed by atoms with Gasteiger partial charge in [-0.2, -0.15) is 0 Å². The van der Waals surface area contributed by atoms with Gasteiger partial charge in [-0.3, -0.25) is 0 Å². The summed E-state index contributed by atoms with van der Waals surface area (Å²) in [4.78, 5) is 0. The normalized spacial score (nSPS) is 25.7. The molecule has 1 aliphatic rings. The number of hydrogen-bond donors (Lipinski definition) is 1. The molecule has 0 aromatic rings. The molecule has 0 aromatic heterocycles. The predicted octanol–water partition coefficient (Wildman–Crippen LogP) is 1.11. The standard InChI is InChI=1S/C8H16N2S/c1-3-5-9-8-4-6-10(7-8)11-2/h3,8-9H,1,4-7H2,2H3. The number of rotatable bonds is 4. The molecule has 64 valence electrons. The Kier molecular flexibility index (Phi) is 3.97. The van der Waals surface area contributed by atoms with E-state index in [0.29, 0.717) is 6.04 Å². The third kappa shape index (κ3) is 2.85. The maximum absolute atomic E-state index is 3.68. The molecule has 0 radical (unpaired) electrons. The van der Waals surface area contributed by atoms with Gasteiger partial charge in [0.2, 0.25) is 0 Å². The summed E-state index contributed by atoms with van der Waals surface area (Å²) in [7, 11) is 0. The van der Waals surface area contributed by atoms with Gasteiger partial charge in [0.05, 0.1) is 0 Å². The fraction of sp³-hybridized carbons (Fsp3) is 0.750. The van der Waals surface area contributed by atoms with Crippen LogP contribution in [0, 0.1) is 0 Å². The summed E-state index contributed by atoms with van der Waals surface area (Å²) >= 11 is 1.84. The summed E-state index contributed by atoms with van der Waals surface area (Å²) in [6.07, 6.45) is 5.33. The van der Waals surface area contributed by atoms with Crippen molar-refractivity contribution in [3.8, 4) is 0 Å². The highest BCUT2D eigenvalue weighted by Crippen LogP contribution is 2.15. The van der Waals surface area contributed by atoms with Crippen LogP contribution in [0.4, 0.5) is 0 Å². The molecule has 11 heavy (non-hydrogen) atoms. The van der Waals surface area contributed by atoms with Crippen LogP contribution in [0.2, 0.25) is 0 Å². The fourth-order valence-corrected chi connectivity index (χ4v) is 1.93. The molecule has 1 rings (SSSR count). The van der Waals surface area contributed by atoms with Crippen LogP contribution in [-0.4, -0.2) is 36.2 Å². The van der Waals surface area contributed by atoms with Crippen molar-refractivity contribution >= 4 is 11.9 Å². The lowest BCUT2D eigenvalue weighted by molar-refractivity contribution is 0.531. The van der Waals surface area contributed by atoms with E-state index in [4.69, 9.17) is 0 Å². The van der Waals surface area contributed by atoms with E-state index < -0.39 is 0 Å². The lowest BCUT2D eigenvalue weighted by Gasteiger charge is -2.12. The highest BCUT2D eigenvalue weighted by atomic mass is 32.2. The van der Waals surface area contributed by atoms with E-state index in [0.717, 1.165) is 6.54 Å². The Morgan fingerprint density at radius 3 is 3.18 bits per heavy atom. The Hall–Kier alpha value is 0.0100.